The fourth-order valence-corrected chi connectivity index (χ4v) is 4.22. The lowest BCUT2D eigenvalue weighted by Gasteiger charge is -2.30. The van der Waals surface area contributed by atoms with Crippen LogP contribution >= 0.6 is 11.5 Å². The van der Waals surface area contributed by atoms with E-state index in [2.05, 4.69) is 14.9 Å². The molecule has 1 aliphatic rings. The van der Waals surface area contributed by atoms with E-state index in [1.54, 1.807) is 17.5 Å². The highest BCUT2D eigenvalue weighted by molar-refractivity contribution is 7.03. The summed E-state index contributed by atoms with van der Waals surface area (Å²) in [4.78, 5) is 28.4. The SMILES string of the molecule is Cc1ccc(N(C(=O)c2csnn2)[C@@H](C(=O)NC2CCCC2)c2ccc(C)o2)cc1. The standard InChI is InChI=1S/C22H24N4O3S/c1-14-7-10-17(11-8-14)26(22(28)18-13-30-25-24-18)20(19-12-9-15(2)29-19)21(27)23-16-5-3-4-6-16/h7-13,16,20H,3-6H2,1-2H3,(H,23,27)/t20-/m1/s1. The molecule has 1 aliphatic carbocycles. The summed E-state index contributed by atoms with van der Waals surface area (Å²) in [5.74, 6) is 0.442. The quantitative estimate of drug-likeness (QED) is 0.641. The van der Waals surface area contributed by atoms with Crippen molar-refractivity contribution in [2.24, 2.45) is 0 Å². The number of nitrogens with zero attached hydrogens (tertiary/aromatic N) is 3. The monoisotopic (exact) mass is 424 g/mol. The number of carbonyl (C=O) groups is 2. The van der Waals surface area contributed by atoms with Crippen molar-refractivity contribution >= 4 is 29.0 Å². The Labute approximate surface area is 179 Å². The summed E-state index contributed by atoms with van der Waals surface area (Å²) in [6.07, 6.45) is 4.09. The number of carbonyl (C=O) groups excluding carboxylic acids is 2. The Balaban J connectivity index is 1.78. The second kappa shape index (κ2) is 8.79. The van der Waals surface area contributed by atoms with Crippen LogP contribution in [-0.2, 0) is 4.79 Å². The Morgan fingerprint density at radius 3 is 2.47 bits per heavy atom. The first-order valence-electron chi connectivity index (χ1n) is 10.1. The predicted molar refractivity (Wildman–Crippen MR) is 114 cm³/mol. The van der Waals surface area contributed by atoms with Crippen LogP contribution in [0.5, 0.6) is 0 Å². The molecule has 1 N–H and O–H groups in total. The van der Waals surface area contributed by atoms with Gasteiger partial charge in [0.2, 0.25) is 0 Å². The van der Waals surface area contributed by atoms with E-state index in [0.717, 1.165) is 42.8 Å². The highest BCUT2D eigenvalue weighted by Gasteiger charge is 2.37. The topological polar surface area (TPSA) is 88.3 Å². The van der Waals surface area contributed by atoms with Gasteiger partial charge >= 0.3 is 0 Å². The van der Waals surface area contributed by atoms with Gasteiger partial charge in [0.1, 0.15) is 11.5 Å². The largest absolute Gasteiger partial charge is 0.464 e. The minimum Gasteiger partial charge on any atom is -0.464 e. The van der Waals surface area contributed by atoms with E-state index in [4.69, 9.17) is 4.42 Å². The minimum absolute atomic E-state index is 0.118. The van der Waals surface area contributed by atoms with Crippen LogP contribution in [0, 0.1) is 13.8 Å². The number of aromatic nitrogens is 2. The fourth-order valence-electron chi connectivity index (χ4n) is 3.79. The fraction of sp³-hybridized carbons (Fsp3) is 0.364. The highest BCUT2D eigenvalue weighted by Crippen LogP contribution is 2.31. The lowest BCUT2D eigenvalue weighted by Crippen LogP contribution is -2.46. The zero-order valence-corrected chi connectivity index (χ0v) is 17.8. The van der Waals surface area contributed by atoms with Crippen LogP contribution in [0.1, 0.15) is 59.3 Å². The van der Waals surface area contributed by atoms with E-state index in [0.29, 0.717) is 17.2 Å². The van der Waals surface area contributed by atoms with E-state index >= 15 is 0 Å². The van der Waals surface area contributed by atoms with Crippen LogP contribution in [0.15, 0.2) is 46.2 Å². The van der Waals surface area contributed by atoms with Gasteiger partial charge in [-0.3, -0.25) is 14.5 Å². The van der Waals surface area contributed by atoms with Crippen molar-refractivity contribution < 1.29 is 14.0 Å². The van der Waals surface area contributed by atoms with Gasteiger partial charge in [0, 0.05) is 17.1 Å². The maximum absolute atomic E-state index is 13.5. The number of amides is 2. The molecule has 0 saturated heterocycles. The summed E-state index contributed by atoms with van der Waals surface area (Å²) in [6.45, 7) is 3.79. The molecule has 1 atom stereocenters. The molecule has 2 heterocycles. The van der Waals surface area contributed by atoms with Gasteiger partial charge < -0.3 is 9.73 Å². The third-order valence-corrected chi connectivity index (χ3v) is 5.85. The number of anilines is 1. The number of benzene rings is 1. The van der Waals surface area contributed by atoms with Crippen LogP contribution in [0.25, 0.3) is 0 Å². The van der Waals surface area contributed by atoms with Crippen molar-refractivity contribution in [1.29, 1.82) is 0 Å². The molecule has 1 fully saturated rings. The first kappa shape index (κ1) is 20.3. The molecular weight excluding hydrogens is 400 g/mol. The van der Waals surface area contributed by atoms with E-state index in [-0.39, 0.29) is 17.6 Å². The van der Waals surface area contributed by atoms with Gasteiger partial charge in [0.15, 0.2) is 11.7 Å². The second-order valence-corrected chi connectivity index (χ2v) is 8.25. The molecule has 0 radical (unpaired) electrons. The van der Waals surface area contributed by atoms with Gasteiger partial charge in [0.05, 0.1) is 0 Å². The number of hydrogen-bond acceptors (Lipinski definition) is 6. The smallest absolute Gasteiger partial charge is 0.280 e. The molecular formula is C22H24N4O3S. The molecule has 1 aromatic carbocycles. The van der Waals surface area contributed by atoms with Crippen molar-refractivity contribution in [3.8, 4) is 0 Å². The summed E-state index contributed by atoms with van der Waals surface area (Å²) in [5, 5.41) is 8.65. The van der Waals surface area contributed by atoms with Gasteiger partial charge in [-0.2, -0.15) is 0 Å². The van der Waals surface area contributed by atoms with Gasteiger partial charge in [-0.25, -0.2) is 0 Å². The number of furan rings is 1. The van der Waals surface area contributed by atoms with Crippen LogP contribution in [-0.4, -0.2) is 27.4 Å². The lowest BCUT2D eigenvalue weighted by molar-refractivity contribution is -0.123. The molecule has 4 rings (SSSR count). The number of rotatable bonds is 6. The highest BCUT2D eigenvalue weighted by atomic mass is 32.1. The number of nitrogens with one attached hydrogen (secondary N) is 1. The minimum atomic E-state index is -0.948. The molecule has 0 bridgehead atoms. The van der Waals surface area contributed by atoms with Crippen molar-refractivity contribution in [3.05, 3.63) is 64.6 Å². The van der Waals surface area contributed by atoms with Crippen LogP contribution in [0.2, 0.25) is 0 Å². The van der Waals surface area contributed by atoms with Crippen molar-refractivity contribution in [1.82, 2.24) is 14.9 Å². The Kier molecular flexibility index (Phi) is 5.94. The maximum Gasteiger partial charge on any atom is 0.280 e. The molecule has 30 heavy (non-hydrogen) atoms. The summed E-state index contributed by atoms with van der Waals surface area (Å²) in [6, 6.07) is 10.2. The summed E-state index contributed by atoms with van der Waals surface area (Å²) >= 11 is 1.10. The average molecular weight is 425 g/mol. The lowest BCUT2D eigenvalue weighted by atomic mass is 10.1. The number of hydrogen-bond donors (Lipinski definition) is 1. The molecule has 7 nitrogen and oxygen atoms in total. The van der Waals surface area contributed by atoms with E-state index in [9.17, 15) is 9.59 Å². The molecule has 0 aliphatic heterocycles. The normalized spacial score (nSPS) is 15.1. The molecule has 0 spiro atoms. The number of aryl methyl sites for hydroxylation is 2. The van der Waals surface area contributed by atoms with Crippen molar-refractivity contribution in [3.63, 3.8) is 0 Å². The van der Waals surface area contributed by atoms with Gasteiger partial charge in [-0.05, 0) is 62.5 Å². The zero-order chi connectivity index (χ0) is 21.1. The Bertz CT molecular complexity index is 1010. The van der Waals surface area contributed by atoms with Gasteiger partial charge in [-0.1, -0.05) is 35.0 Å². The third-order valence-electron chi connectivity index (χ3n) is 5.35. The van der Waals surface area contributed by atoms with Crippen molar-refractivity contribution in [2.75, 3.05) is 4.90 Å². The predicted octanol–water partition coefficient (Wildman–Crippen LogP) is 4.19. The molecule has 2 aromatic heterocycles. The summed E-state index contributed by atoms with van der Waals surface area (Å²) < 4.78 is 9.65. The summed E-state index contributed by atoms with van der Waals surface area (Å²) in [7, 11) is 0. The van der Waals surface area contributed by atoms with E-state index in [1.807, 2.05) is 38.1 Å². The van der Waals surface area contributed by atoms with Crippen molar-refractivity contribution in [2.45, 2.75) is 51.6 Å². The third kappa shape index (κ3) is 4.28. The Hall–Kier alpha value is -3.00. The van der Waals surface area contributed by atoms with Crippen LogP contribution < -0.4 is 10.2 Å². The maximum atomic E-state index is 13.5. The average Bonchev–Trinajstić information content (AvgIpc) is 3.49. The molecule has 2 amide bonds. The van der Waals surface area contributed by atoms with Crippen LogP contribution in [0.4, 0.5) is 5.69 Å². The van der Waals surface area contributed by atoms with Crippen LogP contribution in [0.3, 0.4) is 0 Å². The molecule has 156 valence electrons. The first-order valence-corrected chi connectivity index (χ1v) is 10.9. The van der Waals surface area contributed by atoms with E-state index in [1.165, 1.54) is 4.90 Å². The zero-order valence-electron chi connectivity index (χ0n) is 17.0. The first-order chi connectivity index (χ1) is 14.5. The Morgan fingerprint density at radius 2 is 1.87 bits per heavy atom. The Morgan fingerprint density at radius 1 is 1.13 bits per heavy atom. The molecule has 8 heteroatoms. The van der Waals surface area contributed by atoms with E-state index < -0.39 is 11.9 Å². The molecule has 1 saturated carbocycles. The molecule has 3 aromatic rings. The van der Waals surface area contributed by atoms with Gasteiger partial charge in [-0.15, -0.1) is 5.10 Å². The second-order valence-electron chi connectivity index (χ2n) is 7.64. The summed E-state index contributed by atoms with van der Waals surface area (Å²) in [5.41, 5.74) is 1.85. The van der Waals surface area contributed by atoms with Gasteiger partial charge in [0.25, 0.3) is 11.8 Å². The molecule has 0 unspecified atom stereocenters.